The number of carboxylic acids is 1. The third-order valence-electron chi connectivity index (χ3n) is 3.64. The molecule has 1 fully saturated rings. The molecule has 0 saturated carbocycles. The van der Waals surface area contributed by atoms with Gasteiger partial charge >= 0.3 is 5.97 Å². The minimum absolute atomic E-state index is 0.348. The van der Waals surface area contributed by atoms with Crippen LogP contribution in [0.5, 0.6) is 0 Å². The third-order valence-corrected chi connectivity index (χ3v) is 3.89. The first kappa shape index (κ1) is 15.3. The van der Waals surface area contributed by atoms with Crippen LogP contribution in [0.3, 0.4) is 0 Å². The van der Waals surface area contributed by atoms with E-state index in [1.807, 2.05) is 12.1 Å². The molecule has 1 aliphatic heterocycles. The second kappa shape index (κ2) is 7.62. The Morgan fingerprint density at radius 2 is 1.95 bits per heavy atom. The van der Waals surface area contributed by atoms with Gasteiger partial charge in [0, 0.05) is 18.1 Å². The van der Waals surface area contributed by atoms with Crippen LogP contribution in [0.15, 0.2) is 24.3 Å². The van der Waals surface area contributed by atoms with Gasteiger partial charge in [-0.3, -0.25) is 9.69 Å². The Bertz CT molecular complexity index is 429. The zero-order chi connectivity index (χ0) is 14.4. The molecule has 110 valence electrons. The molecule has 1 aromatic carbocycles. The highest BCUT2D eigenvalue weighted by Gasteiger charge is 2.20. The summed E-state index contributed by atoms with van der Waals surface area (Å²) in [4.78, 5) is 13.6. The summed E-state index contributed by atoms with van der Waals surface area (Å²) in [6, 6.07) is 7.40. The molecule has 0 aliphatic carbocycles. The van der Waals surface area contributed by atoms with E-state index in [0.29, 0.717) is 17.9 Å². The van der Waals surface area contributed by atoms with Crippen LogP contribution in [0.4, 0.5) is 0 Å². The number of hydrogen-bond donors (Lipinski definition) is 1. The first-order valence-electron chi connectivity index (χ1n) is 6.92. The summed E-state index contributed by atoms with van der Waals surface area (Å²) >= 11 is 5.84. The molecule has 1 aromatic rings. The molecule has 4 nitrogen and oxygen atoms in total. The van der Waals surface area contributed by atoms with Crippen LogP contribution in [-0.4, -0.2) is 48.8 Å². The highest BCUT2D eigenvalue weighted by Crippen LogP contribution is 2.16. The number of halogens is 1. The van der Waals surface area contributed by atoms with Gasteiger partial charge in [-0.2, -0.15) is 0 Å². The molecule has 5 heteroatoms. The number of nitrogens with zero attached hydrogens (tertiary/aromatic N) is 1. The fourth-order valence-corrected chi connectivity index (χ4v) is 2.51. The Kier molecular flexibility index (Phi) is 5.83. The van der Waals surface area contributed by atoms with Crippen molar-refractivity contribution >= 4 is 17.6 Å². The lowest BCUT2D eigenvalue weighted by atomic mass is 9.96. The number of carbonyl (C=O) groups is 1. The lowest BCUT2D eigenvalue weighted by Gasteiger charge is -2.27. The van der Waals surface area contributed by atoms with Crippen molar-refractivity contribution in [3.63, 3.8) is 0 Å². The van der Waals surface area contributed by atoms with Crippen molar-refractivity contribution in [3.05, 3.63) is 34.9 Å². The van der Waals surface area contributed by atoms with E-state index in [0.717, 1.165) is 38.4 Å². The molecular formula is C15H20ClNO3. The number of benzene rings is 1. The molecule has 1 unspecified atom stereocenters. The van der Waals surface area contributed by atoms with Crippen molar-refractivity contribution in [1.82, 2.24) is 4.90 Å². The Balaban J connectivity index is 1.86. The zero-order valence-corrected chi connectivity index (χ0v) is 12.2. The molecule has 1 N–H and O–H groups in total. The van der Waals surface area contributed by atoms with Gasteiger partial charge in [0.2, 0.25) is 0 Å². The molecule has 1 aliphatic rings. The number of aliphatic carboxylic acids is 1. The number of carboxylic acid groups (broad SMARTS) is 1. The molecule has 0 bridgehead atoms. The van der Waals surface area contributed by atoms with Gasteiger partial charge in [0.05, 0.1) is 19.1 Å². The lowest BCUT2D eigenvalue weighted by Crippen LogP contribution is -2.38. The highest BCUT2D eigenvalue weighted by atomic mass is 35.5. The van der Waals surface area contributed by atoms with E-state index in [4.69, 9.17) is 16.3 Å². The van der Waals surface area contributed by atoms with Gasteiger partial charge in [-0.1, -0.05) is 23.7 Å². The molecule has 1 heterocycles. The summed E-state index contributed by atoms with van der Waals surface area (Å²) in [6.07, 6.45) is 1.22. The molecule has 0 spiro atoms. The van der Waals surface area contributed by atoms with Crippen LogP contribution >= 0.6 is 11.6 Å². The monoisotopic (exact) mass is 297 g/mol. The molecule has 0 aromatic heterocycles. The van der Waals surface area contributed by atoms with Crippen molar-refractivity contribution in [3.8, 4) is 0 Å². The number of morpholine rings is 1. The Morgan fingerprint density at radius 1 is 1.30 bits per heavy atom. The first-order valence-corrected chi connectivity index (χ1v) is 7.30. The quantitative estimate of drug-likeness (QED) is 0.875. The summed E-state index contributed by atoms with van der Waals surface area (Å²) in [7, 11) is 0. The Morgan fingerprint density at radius 3 is 2.55 bits per heavy atom. The summed E-state index contributed by atoms with van der Waals surface area (Å²) in [5, 5.41) is 10.0. The normalized spacial score (nSPS) is 17.9. The van der Waals surface area contributed by atoms with Gasteiger partial charge < -0.3 is 9.84 Å². The van der Waals surface area contributed by atoms with Gasteiger partial charge in [-0.25, -0.2) is 0 Å². The van der Waals surface area contributed by atoms with Gasteiger partial charge in [-0.15, -0.1) is 0 Å². The van der Waals surface area contributed by atoms with E-state index in [1.54, 1.807) is 12.1 Å². The number of ether oxygens (including phenoxy) is 1. The first-order chi connectivity index (χ1) is 9.65. The molecule has 2 rings (SSSR count). The zero-order valence-electron chi connectivity index (χ0n) is 11.4. The van der Waals surface area contributed by atoms with Gasteiger partial charge in [0.1, 0.15) is 0 Å². The van der Waals surface area contributed by atoms with Crippen LogP contribution in [0.1, 0.15) is 12.0 Å². The van der Waals surface area contributed by atoms with E-state index in [-0.39, 0.29) is 5.92 Å². The van der Waals surface area contributed by atoms with E-state index in [2.05, 4.69) is 4.90 Å². The van der Waals surface area contributed by atoms with Crippen molar-refractivity contribution in [2.75, 3.05) is 32.8 Å². The maximum atomic E-state index is 11.4. The lowest BCUT2D eigenvalue weighted by molar-refractivity contribution is -0.142. The largest absolute Gasteiger partial charge is 0.481 e. The predicted octanol–water partition coefficient (Wildman–Crippen LogP) is 2.31. The van der Waals surface area contributed by atoms with Crippen LogP contribution in [0.25, 0.3) is 0 Å². The van der Waals surface area contributed by atoms with Crippen molar-refractivity contribution in [2.24, 2.45) is 5.92 Å². The van der Waals surface area contributed by atoms with Gasteiger partial charge in [0.15, 0.2) is 0 Å². The van der Waals surface area contributed by atoms with E-state index in [9.17, 15) is 9.90 Å². The fraction of sp³-hybridized carbons (Fsp3) is 0.533. The van der Waals surface area contributed by atoms with Crippen molar-refractivity contribution < 1.29 is 14.6 Å². The Hall–Kier alpha value is -1.10. The molecule has 0 radical (unpaired) electrons. The summed E-state index contributed by atoms with van der Waals surface area (Å²) in [5.74, 6) is -1.08. The molecule has 1 atom stereocenters. The maximum absolute atomic E-state index is 11.4. The second-order valence-corrected chi connectivity index (χ2v) is 5.54. The third kappa shape index (κ3) is 4.78. The summed E-state index contributed by atoms with van der Waals surface area (Å²) in [5.41, 5.74) is 1.02. The number of hydrogen-bond acceptors (Lipinski definition) is 3. The predicted molar refractivity (Wildman–Crippen MR) is 78.2 cm³/mol. The molecule has 1 saturated heterocycles. The summed E-state index contributed by atoms with van der Waals surface area (Å²) in [6.45, 7) is 4.10. The molecular weight excluding hydrogens is 278 g/mol. The topological polar surface area (TPSA) is 49.8 Å². The van der Waals surface area contributed by atoms with Gasteiger partial charge in [-0.05, 0) is 37.1 Å². The van der Waals surface area contributed by atoms with Crippen molar-refractivity contribution in [1.29, 1.82) is 0 Å². The average molecular weight is 298 g/mol. The van der Waals surface area contributed by atoms with E-state index >= 15 is 0 Å². The van der Waals surface area contributed by atoms with E-state index < -0.39 is 5.97 Å². The van der Waals surface area contributed by atoms with Gasteiger partial charge in [0.25, 0.3) is 0 Å². The minimum Gasteiger partial charge on any atom is -0.481 e. The average Bonchev–Trinajstić information content (AvgIpc) is 2.46. The SMILES string of the molecule is O=C(O)C(CCN1CCOCC1)Cc1ccc(Cl)cc1. The van der Waals surface area contributed by atoms with Crippen LogP contribution in [0, 0.1) is 5.92 Å². The molecule has 0 amide bonds. The van der Waals surface area contributed by atoms with Crippen LogP contribution in [0.2, 0.25) is 5.02 Å². The Labute approximate surface area is 124 Å². The molecule has 20 heavy (non-hydrogen) atoms. The summed E-state index contributed by atoms with van der Waals surface area (Å²) < 4.78 is 5.29. The standard InChI is InChI=1S/C15H20ClNO3/c16-14-3-1-12(2-4-14)11-13(15(18)19)5-6-17-7-9-20-10-8-17/h1-4,13H,5-11H2,(H,18,19). The highest BCUT2D eigenvalue weighted by molar-refractivity contribution is 6.30. The fourth-order valence-electron chi connectivity index (χ4n) is 2.38. The van der Waals surface area contributed by atoms with Crippen LogP contribution in [-0.2, 0) is 16.0 Å². The maximum Gasteiger partial charge on any atom is 0.306 e. The van der Waals surface area contributed by atoms with E-state index in [1.165, 1.54) is 0 Å². The second-order valence-electron chi connectivity index (χ2n) is 5.11. The minimum atomic E-state index is -0.729. The smallest absolute Gasteiger partial charge is 0.306 e. The van der Waals surface area contributed by atoms with Crippen molar-refractivity contribution in [2.45, 2.75) is 12.8 Å². The number of rotatable bonds is 6. The van der Waals surface area contributed by atoms with Crippen LogP contribution < -0.4 is 0 Å².